The van der Waals surface area contributed by atoms with E-state index >= 15 is 0 Å². The van der Waals surface area contributed by atoms with Crippen LogP contribution in [0.2, 0.25) is 0 Å². The number of aromatic nitrogens is 2. The summed E-state index contributed by atoms with van der Waals surface area (Å²) < 4.78 is 33.3. The van der Waals surface area contributed by atoms with Crippen molar-refractivity contribution < 1.29 is 12.8 Å². The fourth-order valence-corrected chi connectivity index (χ4v) is 4.83. The molecule has 9 heteroatoms. The molecule has 0 amide bonds. The van der Waals surface area contributed by atoms with Crippen molar-refractivity contribution in [1.29, 1.82) is 0 Å². The van der Waals surface area contributed by atoms with Crippen LogP contribution in [0.5, 0.6) is 0 Å². The third-order valence-corrected chi connectivity index (χ3v) is 6.29. The Hall–Kier alpha value is -1.55. The average molecular weight is 400 g/mol. The Kier molecular flexibility index (Phi) is 4.39. The number of sulfonamides is 1. The van der Waals surface area contributed by atoms with Gasteiger partial charge in [0.2, 0.25) is 10.0 Å². The summed E-state index contributed by atoms with van der Waals surface area (Å²) in [6.07, 6.45) is 4.57. The summed E-state index contributed by atoms with van der Waals surface area (Å²) >= 11 is 4.39. The topological polar surface area (TPSA) is 85.1 Å². The summed E-state index contributed by atoms with van der Waals surface area (Å²) in [6, 6.07) is 6.72. The maximum atomic E-state index is 12.2. The molecular weight excluding hydrogens is 390 g/mol. The highest BCUT2D eigenvalue weighted by Crippen LogP contribution is 2.26. The quantitative estimate of drug-likeness (QED) is 0.712. The summed E-state index contributed by atoms with van der Waals surface area (Å²) in [5.41, 5.74) is 1.01. The molecule has 0 radical (unpaired) electrons. The monoisotopic (exact) mass is 399 g/mol. The van der Waals surface area contributed by atoms with Gasteiger partial charge in [-0.15, -0.1) is 11.3 Å². The molecule has 3 aromatic heterocycles. The highest BCUT2D eigenvalue weighted by atomic mass is 79.9. The average Bonchev–Trinajstić information content (AvgIpc) is 3.17. The van der Waals surface area contributed by atoms with Gasteiger partial charge in [-0.05, 0) is 40.2 Å². The van der Waals surface area contributed by atoms with E-state index in [-0.39, 0.29) is 10.8 Å². The Labute approximate surface area is 139 Å². The van der Waals surface area contributed by atoms with E-state index in [4.69, 9.17) is 4.42 Å². The van der Waals surface area contributed by atoms with Gasteiger partial charge in [0.25, 0.3) is 0 Å². The predicted octanol–water partition coefficient (Wildman–Crippen LogP) is 3.04. The summed E-state index contributed by atoms with van der Waals surface area (Å²) in [5.74, 6) is 0.543. The largest absolute Gasteiger partial charge is 0.463 e. The molecule has 0 aliphatic carbocycles. The van der Waals surface area contributed by atoms with Gasteiger partial charge in [0.1, 0.15) is 9.90 Å². The van der Waals surface area contributed by atoms with Crippen LogP contribution < -0.4 is 4.72 Å². The lowest BCUT2D eigenvalue weighted by molar-refractivity contribution is 0.574. The van der Waals surface area contributed by atoms with Gasteiger partial charge >= 0.3 is 0 Å². The number of hydrogen-bond acceptors (Lipinski definition) is 6. The zero-order valence-electron chi connectivity index (χ0n) is 11.1. The zero-order chi connectivity index (χ0) is 15.6. The van der Waals surface area contributed by atoms with Gasteiger partial charge < -0.3 is 4.42 Å². The first-order valence-electron chi connectivity index (χ1n) is 6.15. The van der Waals surface area contributed by atoms with Gasteiger partial charge in [-0.25, -0.2) is 18.1 Å². The SMILES string of the molecule is O=S(=O)(NCc1nccnc1-c1ccco1)c1ccc(Br)s1. The maximum Gasteiger partial charge on any atom is 0.250 e. The van der Waals surface area contributed by atoms with Crippen LogP contribution in [-0.2, 0) is 16.6 Å². The van der Waals surface area contributed by atoms with Gasteiger partial charge in [0.15, 0.2) is 5.76 Å². The summed E-state index contributed by atoms with van der Waals surface area (Å²) in [4.78, 5) is 8.38. The molecule has 22 heavy (non-hydrogen) atoms. The summed E-state index contributed by atoms with van der Waals surface area (Å²) in [5, 5.41) is 0. The molecule has 0 aliphatic rings. The molecule has 0 bridgehead atoms. The van der Waals surface area contributed by atoms with Crippen molar-refractivity contribution >= 4 is 37.3 Å². The molecule has 0 atom stereocenters. The van der Waals surface area contributed by atoms with E-state index in [0.29, 0.717) is 17.1 Å². The van der Waals surface area contributed by atoms with Crippen LogP contribution in [0.1, 0.15) is 5.69 Å². The molecule has 3 rings (SSSR count). The van der Waals surface area contributed by atoms with Crippen LogP contribution in [0, 0.1) is 0 Å². The van der Waals surface area contributed by atoms with Crippen LogP contribution in [-0.4, -0.2) is 18.4 Å². The molecule has 3 heterocycles. The third kappa shape index (κ3) is 3.27. The van der Waals surface area contributed by atoms with Crippen molar-refractivity contribution in [2.24, 2.45) is 0 Å². The van der Waals surface area contributed by atoms with Gasteiger partial charge in [0, 0.05) is 12.4 Å². The number of nitrogens with zero attached hydrogens (tertiary/aromatic N) is 2. The van der Waals surface area contributed by atoms with Gasteiger partial charge in [0.05, 0.1) is 22.3 Å². The number of furan rings is 1. The summed E-state index contributed by atoms with van der Waals surface area (Å²) in [6.45, 7) is 0.0295. The minimum atomic E-state index is -3.58. The Morgan fingerprint density at radius 3 is 2.73 bits per heavy atom. The fourth-order valence-electron chi connectivity index (χ4n) is 1.79. The number of hydrogen-bond donors (Lipinski definition) is 1. The second-order valence-corrected chi connectivity index (χ2v) is 8.67. The number of halogens is 1. The van der Waals surface area contributed by atoms with E-state index in [1.807, 2.05) is 0 Å². The van der Waals surface area contributed by atoms with Gasteiger partial charge in [-0.2, -0.15) is 0 Å². The van der Waals surface area contributed by atoms with E-state index in [0.717, 1.165) is 15.1 Å². The van der Waals surface area contributed by atoms with Crippen molar-refractivity contribution in [3.05, 3.63) is 52.4 Å². The van der Waals surface area contributed by atoms with Crippen LogP contribution in [0.4, 0.5) is 0 Å². The molecule has 0 spiro atoms. The predicted molar refractivity (Wildman–Crippen MR) is 85.8 cm³/mol. The van der Waals surface area contributed by atoms with Crippen LogP contribution in [0.25, 0.3) is 11.5 Å². The molecule has 114 valence electrons. The Bertz CT molecular complexity index is 876. The molecule has 3 aromatic rings. The second-order valence-electron chi connectivity index (χ2n) is 4.21. The van der Waals surface area contributed by atoms with Gasteiger partial charge in [-0.3, -0.25) is 4.98 Å². The molecule has 0 aliphatic heterocycles. The summed E-state index contributed by atoms with van der Waals surface area (Å²) in [7, 11) is -3.58. The van der Waals surface area contributed by atoms with E-state index < -0.39 is 10.0 Å². The first-order chi connectivity index (χ1) is 10.6. The molecule has 1 N–H and O–H groups in total. The minimum absolute atomic E-state index is 0.0295. The highest BCUT2D eigenvalue weighted by Gasteiger charge is 2.18. The van der Waals surface area contributed by atoms with Crippen molar-refractivity contribution in [3.8, 4) is 11.5 Å². The Morgan fingerprint density at radius 2 is 2.05 bits per heavy atom. The van der Waals surface area contributed by atoms with Crippen molar-refractivity contribution in [2.45, 2.75) is 10.8 Å². The zero-order valence-corrected chi connectivity index (χ0v) is 14.3. The molecular formula is C13H10BrN3O3S2. The molecule has 0 saturated carbocycles. The lowest BCUT2D eigenvalue weighted by Crippen LogP contribution is -2.23. The lowest BCUT2D eigenvalue weighted by Gasteiger charge is -2.07. The highest BCUT2D eigenvalue weighted by molar-refractivity contribution is 9.11. The first-order valence-corrected chi connectivity index (χ1v) is 9.24. The lowest BCUT2D eigenvalue weighted by atomic mass is 10.2. The van der Waals surface area contributed by atoms with Crippen LogP contribution in [0.3, 0.4) is 0 Å². The Balaban J connectivity index is 1.83. The molecule has 0 unspecified atom stereocenters. The minimum Gasteiger partial charge on any atom is -0.463 e. The normalized spacial score (nSPS) is 11.7. The standard InChI is InChI=1S/C13H10BrN3O3S2/c14-11-3-4-12(21-11)22(18,19)17-8-9-13(16-6-5-15-9)10-2-1-7-20-10/h1-7,17H,8H2. The number of nitrogens with one attached hydrogen (secondary N) is 1. The van der Waals surface area contributed by atoms with Gasteiger partial charge in [-0.1, -0.05) is 0 Å². The van der Waals surface area contributed by atoms with Crippen molar-refractivity contribution in [2.75, 3.05) is 0 Å². The van der Waals surface area contributed by atoms with Crippen molar-refractivity contribution in [1.82, 2.24) is 14.7 Å². The Morgan fingerprint density at radius 1 is 1.23 bits per heavy atom. The van der Waals surface area contributed by atoms with E-state index in [1.54, 1.807) is 24.3 Å². The van der Waals surface area contributed by atoms with E-state index in [1.165, 1.54) is 18.7 Å². The fraction of sp³-hybridized carbons (Fsp3) is 0.0769. The molecule has 0 saturated heterocycles. The molecule has 6 nitrogen and oxygen atoms in total. The first kappa shape index (κ1) is 15.3. The van der Waals surface area contributed by atoms with Crippen molar-refractivity contribution in [3.63, 3.8) is 0 Å². The molecule has 0 aromatic carbocycles. The van der Waals surface area contributed by atoms with Crippen LogP contribution >= 0.6 is 27.3 Å². The van der Waals surface area contributed by atoms with Crippen LogP contribution in [0.15, 0.2) is 55.3 Å². The third-order valence-electron chi connectivity index (χ3n) is 2.77. The second kappa shape index (κ2) is 6.29. The maximum absolute atomic E-state index is 12.2. The van der Waals surface area contributed by atoms with E-state index in [2.05, 4.69) is 30.6 Å². The van der Waals surface area contributed by atoms with E-state index in [9.17, 15) is 8.42 Å². The number of rotatable bonds is 5. The molecule has 0 fully saturated rings. The number of thiophene rings is 1. The smallest absolute Gasteiger partial charge is 0.250 e.